The summed E-state index contributed by atoms with van der Waals surface area (Å²) in [4.78, 5) is 0. The van der Waals surface area contributed by atoms with E-state index in [0.29, 0.717) is 17.2 Å². The maximum atomic E-state index is 5.41. The van der Waals surface area contributed by atoms with Gasteiger partial charge in [0.15, 0.2) is 11.5 Å². The topological polar surface area (TPSA) is 69.3 Å². The number of nitrogens with one attached hydrogen (secondary N) is 1. The van der Waals surface area contributed by atoms with Crippen molar-refractivity contribution in [1.29, 1.82) is 0 Å². The molecule has 0 fully saturated rings. The van der Waals surface area contributed by atoms with Gasteiger partial charge in [-0.25, -0.2) is 0 Å². The predicted molar refractivity (Wildman–Crippen MR) is 99.6 cm³/mol. The second-order valence-corrected chi connectivity index (χ2v) is 6.20. The normalized spacial score (nSPS) is 10.5. The molecule has 24 heavy (non-hydrogen) atoms. The Balaban J connectivity index is 2.14. The smallest absolute Gasteiger partial charge is 0.203 e. The van der Waals surface area contributed by atoms with Crippen LogP contribution in [0.5, 0.6) is 17.2 Å². The van der Waals surface area contributed by atoms with Crippen molar-refractivity contribution in [2.75, 3.05) is 21.3 Å². The molecule has 1 N–H and O–H groups in total. The van der Waals surface area contributed by atoms with Crippen LogP contribution in [0.4, 0.5) is 0 Å². The van der Waals surface area contributed by atoms with E-state index in [-0.39, 0.29) is 0 Å². The number of hydrogen-bond donors (Lipinski definition) is 1. The minimum atomic E-state index is 0.544. The molecule has 0 spiro atoms. The maximum Gasteiger partial charge on any atom is 0.203 e. The number of benzene rings is 2. The Kier molecular flexibility index (Phi) is 4.89. The number of hydrogen-bond acceptors (Lipinski definition) is 5. The quantitative estimate of drug-likeness (QED) is 0.616. The van der Waals surface area contributed by atoms with Crippen LogP contribution in [-0.2, 0) is 0 Å². The van der Waals surface area contributed by atoms with E-state index in [1.54, 1.807) is 21.3 Å². The molecular weight excluding hydrogens is 421 g/mol. The highest BCUT2D eigenvalue weighted by Crippen LogP contribution is 2.42. The van der Waals surface area contributed by atoms with Crippen molar-refractivity contribution in [3.8, 4) is 39.8 Å². The fraction of sp³-hybridized carbons (Fsp3) is 0.176. The van der Waals surface area contributed by atoms with Gasteiger partial charge >= 0.3 is 0 Å². The summed E-state index contributed by atoms with van der Waals surface area (Å²) in [6, 6.07) is 11.8. The summed E-state index contributed by atoms with van der Waals surface area (Å²) in [5.41, 5.74) is 3.38. The molecule has 2 aromatic carbocycles. The van der Waals surface area contributed by atoms with Gasteiger partial charge in [0.25, 0.3) is 0 Å². The fourth-order valence-electron chi connectivity index (χ4n) is 2.47. The molecule has 0 saturated heterocycles. The molecule has 0 atom stereocenters. The standard InChI is InChI=1S/C17H16IN3O3/c1-22-13-8-11(9-14(23-2)17(13)24-3)16-15(19-21-20-16)10-4-6-12(18)7-5-10/h4-9H,1-3H3,(H,19,20,21). The molecule has 7 heteroatoms. The molecule has 0 aliphatic heterocycles. The van der Waals surface area contributed by atoms with Gasteiger partial charge in [-0.2, -0.15) is 0 Å². The van der Waals surface area contributed by atoms with Gasteiger partial charge in [0.1, 0.15) is 5.69 Å². The maximum absolute atomic E-state index is 5.41. The zero-order chi connectivity index (χ0) is 17.1. The highest BCUT2D eigenvalue weighted by Gasteiger charge is 2.18. The van der Waals surface area contributed by atoms with Crippen LogP contribution in [0.3, 0.4) is 0 Å². The Bertz CT molecular complexity index is 822. The SMILES string of the molecule is COc1cc(-c2nn[nH]c2-c2ccc(I)cc2)cc(OC)c1OC. The van der Waals surface area contributed by atoms with Crippen molar-refractivity contribution < 1.29 is 14.2 Å². The van der Waals surface area contributed by atoms with E-state index >= 15 is 0 Å². The average molecular weight is 437 g/mol. The van der Waals surface area contributed by atoms with Crippen molar-refractivity contribution in [3.05, 3.63) is 40.0 Å². The molecule has 3 rings (SSSR count). The lowest BCUT2D eigenvalue weighted by Gasteiger charge is -2.13. The minimum Gasteiger partial charge on any atom is -0.493 e. The third kappa shape index (κ3) is 3.03. The molecule has 0 bridgehead atoms. The second kappa shape index (κ2) is 7.08. The lowest BCUT2D eigenvalue weighted by Crippen LogP contribution is -1.96. The van der Waals surface area contributed by atoms with E-state index < -0.39 is 0 Å². The van der Waals surface area contributed by atoms with E-state index in [4.69, 9.17) is 14.2 Å². The van der Waals surface area contributed by atoms with Crippen LogP contribution < -0.4 is 14.2 Å². The highest BCUT2D eigenvalue weighted by molar-refractivity contribution is 14.1. The Hall–Kier alpha value is -2.29. The molecule has 0 saturated carbocycles. The first-order valence-corrected chi connectivity index (χ1v) is 8.23. The molecule has 0 amide bonds. The number of methoxy groups -OCH3 is 3. The first-order chi connectivity index (χ1) is 11.7. The van der Waals surface area contributed by atoms with E-state index in [2.05, 4.69) is 38.0 Å². The van der Waals surface area contributed by atoms with Gasteiger partial charge in [0.2, 0.25) is 5.75 Å². The summed E-state index contributed by atoms with van der Waals surface area (Å²) >= 11 is 2.27. The predicted octanol–water partition coefficient (Wildman–Crippen LogP) is 3.77. The van der Waals surface area contributed by atoms with Gasteiger partial charge in [-0.1, -0.05) is 17.3 Å². The van der Waals surface area contributed by atoms with E-state index in [9.17, 15) is 0 Å². The summed E-state index contributed by atoms with van der Waals surface area (Å²) in [6.07, 6.45) is 0. The van der Waals surface area contributed by atoms with Crippen LogP contribution in [0.15, 0.2) is 36.4 Å². The Morgan fingerprint density at radius 1 is 0.875 bits per heavy atom. The molecule has 0 radical (unpaired) electrons. The molecule has 124 valence electrons. The zero-order valence-corrected chi connectivity index (χ0v) is 15.6. The van der Waals surface area contributed by atoms with Crippen molar-refractivity contribution in [1.82, 2.24) is 15.4 Å². The number of halogens is 1. The van der Waals surface area contributed by atoms with Crippen LogP contribution in [0, 0.1) is 3.57 Å². The fourth-order valence-corrected chi connectivity index (χ4v) is 2.83. The Morgan fingerprint density at radius 3 is 2.04 bits per heavy atom. The van der Waals surface area contributed by atoms with Crippen molar-refractivity contribution in [2.45, 2.75) is 0 Å². The van der Waals surface area contributed by atoms with Crippen molar-refractivity contribution in [2.24, 2.45) is 0 Å². The number of aromatic nitrogens is 3. The molecule has 0 aliphatic rings. The van der Waals surface area contributed by atoms with Gasteiger partial charge in [0, 0.05) is 14.7 Å². The van der Waals surface area contributed by atoms with Gasteiger partial charge in [-0.3, -0.25) is 5.10 Å². The molecule has 3 aromatic rings. The van der Waals surface area contributed by atoms with E-state index in [1.807, 2.05) is 36.4 Å². The van der Waals surface area contributed by atoms with E-state index in [1.165, 1.54) is 0 Å². The summed E-state index contributed by atoms with van der Waals surface area (Å²) in [5.74, 6) is 1.69. The first-order valence-electron chi connectivity index (χ1n) is 7.15. The average Bonchev–Trinajstić information content (AvgIpc) is 3.10. The molecule has 1 heterocycles. The largest absolute Gasteiger partial charge is 0.493 e. The number of aromatic amines is 1. The van der Waals surface area contributed by atoms with Crippen molar-refractivity contribution >= 4 is 22.6 Å². The Labute approximate surface area is 153 Å². The summed E-state index contributed by atoms with van der Waals surface area (Å²) in [6.45, 7) is 0. The number of nitrogens with zero attached hydrogens (tertiary/aromatic N) is 2. The van der Waals surface area contributed by atoms with E-state index in [0.717, 1.165) is 26.1 Å². The number of H-pyrrole nitrogens is 1. The van der Waals surface area contributed by atoms with Gasteiger partial charge in [-0.05, 0) is 46.9 Å². The first kappa shape index (κ1) is 16.6. The molecule has 6 nitrogen and oxygen atoms in total. The lowest BCUT2D eigenvalue weighted by atomic mass is 10.0. The van der Waals surface area contributed by atoms with Crippen LogP contribution in [0.25, 0.3) is 22.5 Å². The third-order valence-corrected chi connectivity index (χ3v) is 4.34. The minimum absolute atomic E-state index is 0.544. The van der Waals surface area contributed by atoms with Crippen LogP contribution >= 0.6 is 22.6 Å². The summed E-state index contributed by atoms with van der Waals surface area (Å²) in [7, 11) is 4.75. The van der Waals surface area contributed by atoms with Crippen LogP contribution in [-0.4, -0.2) is 36.7 Å². The van der Waals surface area contributed by atoms with Crippen LogP contribution in [0.1, 0.15) is 0 Å². The molecular formula is C17H16IN3O3. The zero-order valence-electron chi connectivity index (χ0n) is 13.5. The summed E-state index contributed by atoms with van der Waals surface area (Å²) in [5, 5.41) is 11.2. The second-order valence-electron chi connectivity index (χ2n) is 4.96. The monoisotopic (exact) mass is 437 g/mol. The highest BCUT2D eigenvalue weighted by atomic mass is 127. The Morgan fingerprint density at radius 2 is 1.50 bits per heavy atom. The number of ether oxygens (including phenoxy) is 3. The summed E-state index contributed by atoms with van der Waals surface area (Å²) < 4.78 is 17.4. The van der Waals surface area contributed by atoms with Crippen molar-refractivity contribution in [3.63, 3.8) is 0 Å². The van der Waals surface area contributed by atoms with Gasteiger partial charge in [0.05, 0.1) is 27.0 Å². The molecule has 0 unspecified atom stereocenters. The van der Waals surface area contributed by atoms with Crippen LogP contribution in [0.2, 0.25) is 0 Å². The molecule has 0 aliphatic carbocycles. The molecule has 1 aromatic heterocycles. The van der Waals surface area contributed by atoms with Gasteiger partial charge in [-0.15, -0.1) is 5.10 Å². The third-order valence-electron chi connectivity index (χ3n) is 3.62. The lowest BCUT2D eigenvalue weighted by molar-refractivity contribution is 0.324. The van der Waals surface area contributed by atoms with Gasteiger partial charge < -0.3 is 14.2 Å². The number of rotatable bonds is 5.